The van der Waals surface area contributed by atoms with Crippen LogP contribution in [0.25, 0.3) is 0 Å². The third kappa shape index (κ3) is 3.83. The summed E-state index contributed by atoms with van der Waals surface area (Å²) in [6.07, 6.45) is 2.05. The van der Waals surface area contributed by atoms with E-state index in [1.807, 2.05) is 6.07 Å². The smallest absolute Gasteiger partial charge is 0.250 e. The number of aromatic nitrogens is 1. The average molecular weight is 574 g/mol. The number of hydrogen-bond acceptors (Lipinski definition) is 9. The predicted octanol–water partition coefficient (Wildman–Crippen LogP) is 1.97. The quantitative estimate of drug-likeness (QED) is 0.283. The van der Waals surface area contributed by atoms with Gasteiger partial charge >= 0.3 is 0 Å². The molecule has 3 atom stereocenters. The fourth-order valence-electron chi connectivity index (χ4n) is 6.87. The molecule has 0 spiro atoms. The van der Waals surface area contributed by atoms with Gasteiger partial charge in [-0.25, -0.2) is 0 Å². The van der Waals surface area contributed by atoms with Crippen LogP contribution in [0.2, 0.25) is 0 Å². The summed E-state index contributed by atoms with van der Waals surface area (Å²) in [4.78, 5) is 66.8. The van der Waals surface area contributed by atoms with E-state index in [4.69, 9.17) is 4.74 Å². The Morgan fingerprint density at radius 3 is 2.55 bits per heavy atom. The summed E-state index contributed by atoms with van der Waals surface area (Å²) in [6.45, 7) is 7.06. The molecule has 0 unspecified atom stereocenters. The van der Waals surface area contributed by atoms with Crippen LogP contribution in [0.4, 0.5) is 0 Å². The topological polar surface area (TPSA) is 155 Å². The number of carbonyl (C=O) groups is 4. The van der Waals surface area contributed by atoms with Gasteiger partial charge in [0.1, 0.15) is 34.0 Å². The summed E-state index contributed by atoms with van der Waals surface area (Å²) < 4.78 is 7.58. The second-order valence-corrected chi connectivity index (χ2v) is 11.7. The number of amides is 1. The first-order valence-corrected chi connectivity index (χ1v) is 13.9. The number of nitrogens with zero attached hydrogens (tertiary/aromatic N) is 2. The van der Waals surface area contributed by atoms with Crippen molar-refractivity contribution in [2.45, 2.75) is 52.0 Å². The molecule has 2 aromatic rings. The number of aromatic hydroxyl groups is 2. The molecular formula is C31H31N3O8. The lowest BCUT2D eigenvalue weighted by molar-refractivity contribution is -0.133. The van der Waals surface area contributed by atoms with Crippen LogP contribution in [-0.2, 0) is 26.3 Å². The number of ether oxygens (including phenoxy) is 1. The van der Waals surface area contributed by atoms with Crippen molar-refractivity contribution in [2.75, 3.05) is 19.6 Å². The molecule has 11 heteroatoms. The van der Waals surface area contributed by atoms with Gasteiger partial charge in [-0.3, -0.25) is 24.0 Å². The van der Waals surface area contributed by atoms with E-state index < -0.39 is 34.3 Å². The van der Waals surface area contributed by atoms with Gasteiger partial charge in [-0.2, -0.15) is 0 Å². The van der Waals surface area contributed by atoms with E-state index in [9.17, 15) is 34.2 Å². The highest BCUT2D eigenvalue weighted by Crippen LogP contribution is 2.57. The number of ketones is 3. The number of nitrogens with one attached hydrogen (secondary N) is 1. The second-order valence-electron chi connectivity index (χ2n) is 11.7. The summed E-state index contributed by atoms with van der Waals surface area (Å²) >= 11 is 0. The van der Waals surface area contributed by atoms with Gasteiger partial charge in [0.05, 0.1) is 17.7 Å². The minimum atomic E-state index is -1.63. The van der Waals surface area contributed by atoms with Crippen LogP contribution in [0.5, 0.6) is 17.2 Å². The number of benzene rings is 1. The predicted molar refractivity (Wildman–Crippen MR) is 149 cm³/mol. The number of carbonyl (C=O) groups excluding carboxylic acids is 4. The van der Waals surface area contributed by atoms with Crippen molar-refractivity contribution < 1.29 is 34.1 Å². The first-order chi connectivity index (χ1) is 19.8. The summed E-state index contributed by atoms with van der Waals surface area (Å²) in [5.74, 6) is -2.88. The molecule has 1 amide bonds. The van der Waals surface area contributed by atoms with Gasteiger partial charge in [0.15, 0.2) is 17.3 Å². The third-order valence-electron chi connectivity index (χ3n) is 9.10. The summed E-state index contributed by atoms with van der Waals surface area (Å²) in [7, 11) is 0. The Morgan fingerprint density at radius 2 is 1.83 bits per heavy atom. The van der Waals surface area contributed by atoms with Crippen molar-refractivity contribution >= 4 is 23.3 Å². The second kappa shape index (κ2) is 9.43. The van der Waals surface area contributed by atoms with Crippen LogP contribution in [0, 0.1) is 12.8 Å². The molecular weight excluding hydrogens is 542 g/mol. The van der Waals surface area contributed by atoms with E-state index in [0.29, 0.717) is 19.6 Å². The van der Waals surface area contributed by atoms with Crippen molar-refractivity contribution in [3.8, 4) is 17.2 Å². The largest absolute Gasteiger partial charge is 0.507 e. The Kier molecular flexibility index (Phi) is 6.18. The maximum atomic E-state index is 14.0. The third-order valence-corrected chi connectivity index (χ3v) is 9.10. The number of pyridine rings is 1. The van der Waals surface area contributed by atoms with Gasteiger partial charge in [-0.15, -0.1) is 0 Å². The van der Waals surface area contributed by atoms with Crippen LogP contribution >= 0.6 is 0 Å². The van der Waals surface area contributed by atoms with E-state index in [-0.39, 0.29) is 69.3 Å². The molecule has 6 rings (SSSR count). The van der Waals surface area contributed by atoms with E-state index in [0.717, 1.165) is 18.2 Å². The minimum Gasteiger partial charge on any atom is -0.507 e. The highest BCUT2D eigenvalue weighted by molar-refractivity contribution is 6.31. The molecule has 0 saturated carbocycles. The number of phenols is 2. The SMILES string of the molecule is CC(=O)c1c(O)c(C)c(O)c2c1OC1=CC(=O)/C(=C(/C)NCC(=O)N3C[C@@H]4C[C@H](C3)c3cccc(=O)n3C4)C(=O)[C@@]12C. The van der Waals surface area contributed by atoms with Gasteiger partial charge in [-0.1, -0.05) is 6.07 Å². The molecule has 1 aromatic heterocycles. The molecule has 11 nitrogen and oxygen atoms in total. The minimum absolute atomic E-state index is 0.00683. The fraction of sp³-hybridized carbons (Fsp3) is 0.387. The normalized spacial score (nSPS) is 25.1. The molecule has 4 aliphatic rings. The van der Waals surface area contributed by atoms with Crippen molar-refractivity contribution in [1.29, 1.82) is 0 Å². The van der Waals surface area contributed by atoms with Gasteiger partial charge < -0.3 is 29.7 Å². The molecule has 1 saturated heterocycles. The van der Waals surface area contributed by atoms with E-state index in [1.54, 1.807) is 21.6 Å². The van der Waals surface area contributed by atoms with Gasteiger partial charge in [0.2, 0.25) is 5.91 Å². The molecule has 4 heterocycles. The van der Waals surface area contributed by atoms with Gasteiger partial charge in [-0.05, 0) is 46.1 Å². The molecule has 3 N–H and O–H groups in total. The van der Waals surface area contributed by atoms with Crippen LogP contribution in [0.3, 0.4) is 0 Å². The first kappa shape index (κ1) is 27.5. The van der Waals surface area contributed by atoms with Crippen molar-refractivity contribution in [1.82, 2.24) is 14.8 Å². The monoisotopic (exact) mass is 573 g/mol. The lowest BCUT2D eigenvalue weighted by Gasteiger charge is -2.42. The van der Waals surface area contributed by atoms with E-state index >= 15 is 0 Å². The van der Waals surface area contributed by atoms with Gasteiger partial charge in [0, 0.05) is 54.6 Å². The molecule has 42 heavy (non-hydrogen) atoms. The zero-order valence-electron chi connectivity index (χ0n) is 23.7. The standard InChI is InChI=1S/C31H31N3O8/c1-14-27(39)25(16(3)35)29-26(28(14)40)31(4)21(42-29)9-20(36)24(30(31)41)15(2)32-10-23(38)33-11-17-8-18(13-33)19-6-5-7-22(37)34(19)12-17/h5-7,9,17-18,32,39-40H,8,10-13H2,1-4H3/b24-15+/t17-,18+,31-/m0/s1. The fourth-order valence-corrected chi connectivity index (χ4v) is 6.87. The van der Waals surface area contributed by atoms with Crippen LogP contribution in [-0.4, -0.2) is 62.6 Å². The number of piperidine rings is 1. The Bertz CT molecular complexity index is 1750. The molecule has 1 fully saturated rings. The lowest BCUT2D eigenvalue weighted by atomic mass is 9.70. The number of phenolic OH excluding ortho intramolecular Hbond substituents is 2. The summed E-state index contributed by atoms with van der Waals surface area (Å²) in [5, 5.41) is 24.4. The van der Waals surface area contributed by atoms with Crippen LogP contribution in [0.15, 0.2) is 46.1 Å². The van der Waals surface area contributed by atoms with Crippen LogP contribution in [0.1, 0.15) is 60.3 Å². The highest BCUT2D eigenvalue weighted by atomic mass is 16.5. The number of likely N-dealkylation sites (tertiary alicyclic amines) is 1. The highest BCUT2D eigenvalue weighted by Gasteiger charge is 2.56. The van der Waals surface area contributed by atoms with Crippen LogP contribution < -0.4 is 15.6 Å². The van der Waals surface area contributed by atoms with Crippen molar-refractivity contribution in [2.24, 2.45) is 5.92 Å². The molecule has 1 aliphatic carbocycles. The van der Waals surface area contributed by atoms with E-state index in [2.05, 4.69) is 5.32 Å². The number of allylic oxidation sites excluding steroid dienone is 4. The zero-order valence-corrected chi connectivity index (χ0v) is 23.7. The Hall–Kier alpha value is -4.67. The van der Waals surface area contributed by atoms with E-state index in [1.165, 1.54) is 27.7 Å². The molecule has 218 valence electrons. The summed E-state index contributed by atoms with van der Waals surface area (Å²) in [5.41, 5.74) is -0.896. The van der Waals surface area contributed by atoms with Gasteiger partial charge in [0.25, 0.3) is 5.56 Å². The molecule has 2 bridgehead atoms. The summed E-state index contributed by atoms with van der Waals surface area (Å²) in [6, 6.07) is 5.21. The molecule has 1 aromatic carbocycles. The first-order valence-electron chi connectivity index (χ1n) is 13.9. The van der Waals surface area contributed by atoms with Crippen molar-refractivity contribution in [3.05, 3.63) is 74.0 Å². The van der Waals surface area contributed by atoms with Crippen molar-refractivity contribution in [3.63, 3.8) is 0 Å². The number of hydrogen-bond donors (Lipinski definition) is 3. The maximum Gasteiger partial charge on any atom is 0.250 e. The molecule has 3 aliphatic heterocycles. The zero-order chi connectivity index (χ0) is 30.2. The number of Topliss-reactive ketones (excluding diaryl/α,β-unsaturated/α-hetero) is 2. The lowest BCUT2D eigenvalue weighted by Crippen LogP contribution is -2.51. The Labute approximate surface area is 241 Å². The average Bonchev–Trinajstić information content (AvgIpc) is 3.23. The molecule has 0 radical (unpaired) electrons. The maximum absolute atomic E-state index is 14.0. The number of fused-ring (bicyclic) bond motifs is 7. The number of rotatable bonds is 4. The Balaban J connectivity index is 1.26. The Morgan fingerprint density at radius 1 is 1.10 bits per heavy atom.